The number of rotatable bonds is 6. The molecule has 0 saturated carbocycles. The molecule has 0 aromatic carbocycles. The smallest absolute Gasteiger partial charge is 0.227 e. The van der Waals surface area contributed by atoms with Gasteiger partial charge < -0.3 is 15.8 Å². The zero-order valence-corrected chi connectivity index (χ0v) is 11.3. The summed E-state index contributed by atoms with van der Waals surface area (Å²) in [7, 11) is 0. The van der Waals surface area contributed by atoms with Gasteiger partial charge >= 0.3 is 0 Å². The summed E-state index contributed by atoms with van der Waals surface area (Å²) in [5, 5.41) is 3.01. The summed E-state index contributed by atoms with van der Waals surface area (Å²) in [6.07, 6.45) is 3.66. The molecule has 0 radical (unpaired) electrons. The van der Waals surface area contributed by atoms with Gasteiger partial charge in [-0.1, -0.05) is 13.8 Å². The third-order valence-corrected chi connectivity index (χ3v) is 4.15. The first kappa shape index (κ1) is 14.5. The molecule has 0 aromatic rings. The van der Waals surface area contributed by atoms with Crippen molar-refractivity contribution >= 4 is 5.91 Å². The molecule has 1 amide bonds. The van der Waals surface area contributed by atoms with Gasteiger partial charge in [-0.25, -0.2) is 0 Å². The summed E-state index contributed by atoms with van der Waals surface area (Å²) in [5.41, 5.74) is 5.16. The lowest BCUT2D eigenvalue weighted by Gasteiger charge is -2.31. The number of hydrogen-bond donors (Lipinski definition) is 2. The van der Waals surface area contributed by atoms with E-state index in [4.69, 9.17) is 10.5 Å². The van der Waals surface area contributed by atoms with Crippen molar-refractivity contribution in [3.05, 3.63) is 0 Å². The first-order valence-corrected chi connectivity index (χ1v) is 6.64. The predicted molar refractivity (Wildman–Crippen MR) is 68.7 cm³/mol. The molecule has 4 nitrogen and oxygen atoms in total. The fourth-order valence-electron chi connectivity index (χ4n) is 2.38. The summed E-state index contributed by atoms with van der Waals surface area (Å²) >= 11 is 0. The zero-order chi connectivity index (χ0) is 12.9. The van der Waals surface area contributed by atoms with Crippen molar-refractivity contribution < 1.29 is 9.53 Å². The maximum Gasteiger partial charge on any atom is 0.227 e. The van der Waals surface area contributed by atoms with Crippen LogP contribution in [-0.2, 0) is 9.53 Å². The fraction of sp³-hybridized carbons (Fsp3) is 0.923. The summed E-state index contributed by atoms with van der Waals surface area (Å²) in [5.74, 6) is 0.0710. The van der Waals surface area contributed by atoms with Gasteiger partial charge in [0.25, 0.3) is 0 Å². The van der Waals surface area contributed by atoms with Gasteiger partial charge in [-0.15, -0.1) is 0 Å². The van der Waals surface area contributed by atoms with Crippen LogP contribution < -0.4 is 11.1 Å². The lowest BCUT2D eigenvalue weighted by atomic mass is 9.81. The Bertz CT molecular complexity index is 248. The number of nitrogens with one attached hydrogen (secondary N) is 1. The molecule has 1 unspecified atom stereocenters. The van der Waals surface area contributed by atoms with Crippen LogP contribution in [0.2, 0.25) is 0 Å². The van der Waals surface area contributed by atoms with Gasteiger partial charge in [0, 0.05) is 19.7 Å². The van der Waals surface area contributed by atoms with Crippen LogP contribution in [-0.4, -0.2) is 31.2 Å². The summed E-state index contributed by atoms with van der Waals surface area (Å²) in [6, 6.07) is 0. The van der Waals surface area contributed by atoms with Crippen LogP contribution in [0.25, 0.3) is 0 Å². The lowest BCUT2D eigenvalue weighted by molar-refractivity contribution is -0.132. The van der Waals surface area contributed by atoms with Crippen LogP contribution in [0.15, 0.2) is 0 Å². The van der Waals surface area contributed by atoms with Gasteiger partial charge in [0.1, 0.15) is 0 Å². The van der Waals surface area contributed by atoms with Crippen molar-refractivity contribution in [3.8, 4) is 0 Å². The van der Waals surface area contributed by atoms with Gasteiger partial charge in [-0.05, 0) is 32.6 Å². The molecule has 1 atom stereocenters. The maximum atomic E-state index is 12.2. The van der Waals surface area contributed by atoms with Gasteiger partial charge in [0.05, 0.1) is 11.0 Å². The maximum absolute atomic E-state index is 12.2. The lowest BCUT2D eigenvalue weighted by Crippen LogP contribution is -2.49. The highest BCUT2D eigenvalue weighted by Gasteiger charge is 2.36. The second-order valence-corrected chi connectivity index (χ2v) is 5.28. The molecule has 0 aliphatic carbocycles. The average Bonchev–Trinajstić information content (AvgIpc) is 2.77. The molecule has 4 heteroatoms. The van der Waals surface area contributed by atoms with Gasteiger partial charge in [0.2, 0.25) is 5.91 Å². The summed E-state index contributed by atoms with van der Waals surface area (Å²) in [6.45, 7) is 7.89. The van der Waals surface area contributed by atoms with Gasteiger partial charge in [-0.3, -0.25) is 4.79 Å². The van der Waals surface area contributed by atoms with Crippen molar-refractivity contribution in [2.75, 3.05) is 19.7 Å². The zero-order valence-electron chi connectivity index (χ0n) is 11.3. The molecule has 100 valence electrons. The first-order valence-electron chi connectivity index (χ1n) is 6.64. The topological polar surface area (TPSA) is 64.4 Å². The molecular formula is C13H26N2O2. The van der Waals surface area contributed by atoms with Crippen LogP contribution in [0, 0.1) is 5.41 Å². The van der Waals surface area contributed by atoms with E-state index in [1.807, 2.05) is 13.8 Å². The molecular weight excluding hydrogens is 216 g/mol. The fourth-order valence-corrected chi connectivity index (χ4v) is 2.38. The quantitative estimate of drug-likeness (QED) is 0.740. The Morgan fingerprint density at radius 3 is 2.53 bits per heavy atom. The minimum absolute atomic E-state index is 0.0710. The van der Waals surface area contributed by atoms with E-state index in [1.165, 1.54) is 0 Å². The highest BCUT2D eigenvalue weighted by molar-refractivity contribution is 5.82. The molecule has 3 N–H and O–H groups in total. The van der Waals surface area contributed by atoms with Crippen molar-refractivity contribution in [2.24, 2.45) is 11.1 Å². The Balaban J connectivity index is 2.53. The third kappa shape index (κ3) is 3.19. The highest BCUT2D eigenvalue weighted by Crippen LogP contribution is 2.27. The van der Waals surface area contributed by atoms with Crippen LogP contribution >= 0.6 is 0 Å². The summed E-state index contributed by atoms with van der Waals surface area (Å²) < 4.78 is 5.66. The molecule has 1 heterocycles. The van der Waals surface area contributed by atoms with Crippen molar-refractivity contribution in [3.63, 3.8) is 0 Å². The minimum atomic E-state index is -0.408. The minimum Gasteiger partial charge on any atom is -0.373 e. The Morgan fingerprint density at radius 2 is 2.12 bits per heavy atom. The molecule has 1 aliphatic rings. The van der Waals surface area contributed by atoms with Crippen LogP contribution in [0.5, 0.6) is 0 Å². The molecule has 0 aromatic heterocycles. The standard InChI is InChI=1S/C13H26N2O2/c1-4-13(5-2,9-14)11(16)15-10-12(3)7-6-8-17-12/h4-10,14H2,1-3H3,(H,15,16). The molecule has 0 spiro atoms. The Kier molecular flexibility index (Phi) is 4.95. The molecule has 0 bridgehead atoms. The SMILES string of the molecule is CCC(CC)(CN)C(=O)NCC1(C)CCCO1. The number of amides is 1. The van der Waals surface area contributed by atoms with Crippen molar-refractivity contribution in [2.45, 2.75) is 52.1 Å². The third-order valence-electron chi connectivity index (χ3n) is 4.15. The first-order chi connectivity index (χ1) is 8.02. The van der Waals surface area contributed by atoms with Crippen LogP contribution in [0.1, 0.15) is 46.5 Å². The summed E-state index contributed by atoms with van der Waals surface area (Å²) in [4.78, 5) is 12.2. The van der Waals surface area contributed by atoms with Crippen molar-refractivity contribution in [1.82, 2.24) is 5.32 Å². The van der Waals surface area contributed by atoms with E-state index in [1.54, 1.807) is 0 Å². The van der Waals surface area contributed by atoms with Gasteiger partial charge in [0.15, 0.2) is 0 Å². The second-order valence-electron chi connectivity index (χ2n) is 5.28. The van der Waals surface area contributed by atoms with Crippen LogP contribution in [0.4, 0.5) is 0 Å². The largest absolute Gasteiger partial charge is 0.373 e. The molecule has 1 saturated heterocycles. The Hall–Kier alpha value is -0.610. The van der Waals surface area contributed by atoms with E-state index in [9.17, 15) is 4.79 Å². The number of nitrogens with two attached hydrogens (primary N) is 1. The number of hydrogen-bond acceptors (Lipinski definition) is 3. The monoisotopic (exact) mass is 242 g/mol. The van der Waals surface area contributed by atoms with Gasteiger partial charge in [-0.2, -0.15) is 0 Å². The van der Waals surface area contributed by atoms with E-state index < -0.39 is 5.41 Å². The number of carbonyl (C=O) groups excluding carboxylic acids is 1. The van der Waals surface area contributed by atoms with E-state index in [2.05, 4.69) is 12.2 Å². The Morgan fingerprint density at radius 1 is 1.47 bits per heavy atom. The molecule has 1 aliphatic heterocycles. The number of ether oxygens (including phenoxy) is 1. The van der Waals surface area contributed by atoms with Crippen LogP contribution in [0.3, 0.4) is 0 Å². The average molecular weight is 242 g/mol. The predicted octanol–water partition coefficient (Wildman–Crippen LogP) is 1.44. The van der Waals surface area contributed by atoms with Crippen molar-refractivity contribution in [1.29, 1.82) is 0 Å². The molecule has 1 fully saturated rings. The molecule has 1 rings (SSSR count). The van der Waals surface area contributed by atoms with E-state index in [0.717, 1.165) is 32.3 Å². The normalized spacial score (nSPS) is 24.9. The van der Waals surface area contributed by atoms with E-state index >= 15 is 0 Å². The molecule has 17 heavy (non-hydrogen) atoms. The van der Waals surface area contributed by atoms with E-state index in [0.29, 0.717) is 13.1 Å². The van der Waals surface area contributed by atoms with E-state index in [-0.39, 0.29) is 11.5 Å². The second kappa shape index (κ2) is 5.83. The highest BCUT2D eigenvalue weighted by atomic mass is 16.5. The Labute approximate surface area is 104 Å². The number of carbonyl (C=O) groups is 1.